The molecule has 2 aliphatic heterocycles. The standard InChI is InChI=1S/C26H26F4N4O5/c1-37-23(35)19-8-7-18(33-14-31-32-34(33)26(28,29)30)11-21(19)16-12-25(39-13-16)10-9-20(24(36)38-2)22(25)15-3-5-17(27)6-4-15/h3-8,11,14,16,20,22,32H,9-10,12-13H2,1-2H3/t16?,20?,22-,25-/m1/s1. The smallest absolute Gasteiger partial charge is 0.469 e. The lowest BCUT2D eigenvalue weighted by Crippen LogP contribution is -2.52. The van der Waals surface area contributed by atoms with E-state index in [1.165, 1.54) is 44.6 Å². The Hall–Kier alpha value is -3.71. The van der Waals surface area contributed by atoms with Crippen molar-refractivity contribution < 1.29 is 41.4 Å². The van der Waals surface area contributed by atoms with Gasteiger partial charge in [-0.2, -0.15) is 18.3 Å². The highest BCUT2D eigenvalue weighted by Gasteiger charge is 2.57. The van der Waals surface area contributed by atoms with Crippen molar-refractivity contribution in [1.29, 1.82) is 0 Å². The van der Waals surface area contributed by atoms with E-state index in [1.54, 1.807) is 12.1 Å². The number of rotatable bonds is 5. The second kappa shape index (κ2) is 10.1. The third kappa shape index (κ3) is 4.80. The fourth-order valence-corrected chi connectivity index (χ4v) is 6.01. The Balaban J connectivity index is 1.52. The van der Waals surface area contributed by atoms with Gasteiger partial charge in [0.25, 0.3) is 0 Å². The molecule has 9 nitrogen and oxygen atoms in total. The third-order valence-corrected chi connectivity index (χ3v) is 7.66. The molecule has 2 aromatic rings. The van der Waals surface area contributed by atoms with Crippen molar-refractivity contribution in [2.45, 2.75) is 43.0 Å². The summed E-state index contributed by atoms with van der Waals surface area (Å²) in [6.07, 6.45) is -2.46. The van der Waals surface area contributed by atoms with Gasteiger partial charge in [0.1, 0.15) is 12.2 Å². The van der Waals surface area contributed by atoms with Crippen LogP contribution in [0.3, 0.4) is 0 Å². The molecule has 208 valence electrons. The predicted molar refractivity (Wildman–Crippen MR) is 130 cm³/mol. The van der Waals surface area contributed by atoms with Crippen LogP contribution in [-0.4, -0.2) is 56.1 Å². The lowest BCUT2D eigenvalue weighted by atomic mass is 9.76. The number of hydrogen-bond acceptors (Lipinski definition) is 9. The van der Waals surface area contributed by atoms with Gasteiger partial charge in [0.05, 0.1) is 43.6 Å². The number of nitrogens with zero attached hydrogens (tertiary/aromatic N) is 3. The Morgan fingerprint density at radius 1 is 1.13 bits per heavy atom. The summed E-state index contributed by atoms with van der Waals surface area (Å²) in [5.74, 6) is -2.86. The molecule has 4 atom stereocenters. The van der Waals surface area contributed by atoms with Crippen LogP contribution in [0.15, 0.2) is 47.6 Å². The van der Waals surface area contributed by atoms with Crippen LogP contribution in [0.5, 0.6) is 0 Å². The lowest BCUT2D eigenvalue weighted by Gasteiger charge is -2.33. The number of ether oxygens (including phenoxy) is 3. The highest BCUT2D eigenvalue weighted by molar-refractivity contribution is 5.92. The fraction of sp³-hybridized carbons (Fsp3) is 0.423. The molecule has 1 saturated carbocycles. The van der Waals surface area contributed by atoms with E-state index in [-0.39, 0.29) is 23.0 Å². The van der Waals surface area contributed by atoms with E-state index < -0.39 is 47.4 Å². The molecule has 1 saturated heterocycles. The number of esters is 2. The molecule has 1 N–H and O–H groups in total. The van der Waals surface area contributed by atoms with Crippen LogP contribution in [0, 0.1) is 11.7 Å². The number of alkyl halides is 3. The van der Waals surface area contributed by atoms with E-state index in [4.69, 9.17) is 14.2 Å². The Morgan fingerprint density at radius 3 is 2.54 bits per heavy atom. The summed E-state index contributed by atoms with van der Waals surface area (Å²) in [7, 11) is 2.53. The maximum atomic E-state index is 13.7. The quantitative estimate of drug-likeness (QED) is 0.336. The lowest BCUT2D eigenvalue weighted by molar-refractivity contribution is -0.259. The minimum atomic E-state index is -4.77. The number of carbonyl (C=O) groups is 2. The van der Waals surface area contributed by atoms with Crippen LogP contribution < -0.4 is 10.5 Å². The summed E-state index contributed by atoms with van der Waals surface area (Å²) in [6, 6.07) is 10.1. The minimum absolute atomic E-state index is 0.0982. The van der Waals surface area contributed by atoms with Crippen molar-refractivity contribution in [3.63, 3.8) is 0 Å². The number of methoxy groups -OCH3 is 2. The topological polar surface area (TPSA) is 92.7 Å². The van der Waals surface area contributed by atoms with Crippen molar-refractivity contribution in [1.82, 2.24) is 10.7 Å². The molecular weight excluding hydrogens is 524 g/mol. The summed E-state index contributed by atoms with van der Waals surface area (Å²) in [5, 5.41) is 4.18. The van der Waals surface area contributed by atoms with E-state index in [9.17, 15) is 27.2 Å². The van der Waals surface area contributed by atoms with Crippen LogP contribution in [0.25, 0.3) is 0 Å². The summed E-state index contributed by atoms with van der Waals surface area (Å²) in [6.45, 7) is 0.147. The summed E-state index contributed by atoms with van der Waals surface area (Å²) >= 11 is 0. The van der Waals surface area contributed by atoms with Crippen LogP contribution in [0.2, 0.25) is 0 Å². The van der Waals surface area contributed by atoms with Gasteiger partial charge >= 0.3 is 18.2 Å². The molecule has 13 heteroatoms. The number of hydrogen-bond donors (Lipinski definition) is 1. The normalized spacial score (nSPS) is 26.7. The van der Waals surface area contributed by atoms with Crippen molar-refractivity contribution in [3.8, 4) is 0 Å². The van der Waals surface area contributed by atoms with Crippen LogP contribution in [0.1, 0.15) is 52.6 Å². The maximum Gasteiger partial charge on any atom is 0.497 e. The number of hydrazone groups is 1. The molecule has 0 bridgehead atoms. The first kappa shape index (κ1) is 26.9. The maximum absolute atomic E-state index is 13.7. The predicted octanol–water partition coefficient (Wildman–Crippen LogP) is 4.23. The first-order valence-electron chi connectivity index (χ1n) is 12.2. The van der Waals surface area contributed by atoms with E-state index in [0.29, 0.717) is 30.4 Å². The van der Waals surface area contributed by atoms with Crippen molar-refractivity contribution in [2.75, 3.05) is 25.8 Å². The molecule has 0 aromatic heterocycles. The molecule has 5 rings (SSSR count). The Morgan fingerprint density at radius 2 is 1.87 bits per heavy atom. The number of halogens is 4. The van der Waals surface area contributed by atoms with Crippen molar-refractivity contribution in [2.24, 2.45) is 11.0 Å². The van der Waals surface area contributed by atoms with Gasteiger partial charge in [-0.1, -0.05) is 12.1 Å². The van der Waals surface area contributed by atoms with Crippen molar-refractivity contribution >= 4 is 24.0 Å². The highest BCUT2D eigenvalue weighted by atomic mass is 19.4. The second-order valence-electron chi connectivity index (χ2n) is 9.71. The molecule has 2 aromatic carbocycles. The van der Waals surface area contributed by atoms with Gasteiger partial charge in [-0.15, -0.1) is 0 Å². The first-order chi connectivity index (χ1) is 18.6. The average Bonchev–Trinajstić information content (AvgIpc) is 3.67. The fourth-order valence-electron chi connectivity index (χ4n) is 6.01. The molecule has 1 aliphatic carbocycles. The third-order valence-electron chi connectivity index (χ3n) is 7.66. The van der Waals surface area contributed by atoms with E-state index >= 15 is 0 Å². The Labute approximate surface area is 221 Å². The van der Waals surface area contributed by atoms with Gasteiger partial charge < -0.3 is 14.2 Å². The number of anilines is 1. The molecule has 0 amide bonds. The van der Waals surface area contributed by atoms with Gasteiger partial charge in [-0.3, -0.25) is 4.79 Å². The zero-order valence-electron chi connectivity index (χ0n) is 21.1. The van der Waals surface area contributed by atoms with Crippen LogP contribution >= 0.6 is 0 Å². The summed E-state index contributed by atoms with van der Waals surface area (Å²) in [4.78, 5) is 25.4. The highest BCUT2D eigenvalue weighted by Crippen LogP contribution is 2.57. The summed E-state index contributed by atoms with van der Waals surface area (Å²) < 4.78 is 70.6. The number of hydrazine groups is 2. The number of benzene rings is 2. The van der Waals surface area contributed by atoms with Gasteiger partial charge in [0.15, 0.2) is 0 Å². The molecule has 1 spiro atoms. The monoisotopic (exact) mass is 550 g/mol. The molecule has 39 heavy (non-hydrogen) atoms. The second-order valence-corrected chi connectivity index (χ2v) is 9.71. The average molecular weight is 551 g/mol. The molecule has 3 aliphatic rings. The molecular formula is C26H26F4N4O5. The van der Waals surface area contributed by atoms with Gasteiger partial charge in [0, 0.05) is 11.8 Å². The molecule has 2 heterocycles. The van der Waals surface area contributed by atoms with Crippen molar-refractivity contribution in [3.05, 3.63) is 65.0 Å². The van der Waals surface area contributed by atoms with E-state index in [2.05, 4.69) is 5.10 Å². The molecule has 0 radical (unpaired) electrons. The largest absolute Gasteiger partial charge is 0.497 e. The van der Waals surface area contributed by atoms with E-state index in [1.807, 2.05) is 5.53 Å². The minimum Gasteiger partial charge on any atom is -0.469 e. The Kier molecular flexibility index (Phi) is 6.97. The molecule has 2 unspecified atom stereocenters. The first-order valence-corrected chi connectivity index (χ1v) is 12.2. The van der Waals surface area contributed by atoms with Gasteiger partial charge in [-0.25, -0.2) is 19.7 Å². The van der Waals surface area contributed by atoms with Crippen LogP contribution in [0.4, 0.5) is 23.2 Å². The SMILES string of the molecule is COC(=O)c1ccc(N2C=NNN2C(F)(F)F)cc1C1CO[C@]2(CCC(C(=O)OC)[C@H]2c2ccc(F)cc2)C1. The zero-order valence-corrected chi connectivity index (χ0v) is 21.1. The molecule has 2 fully saturated rings. The number of nitrogens with one attached hydrogen (secondary N) is 1. The Bertz CT molecular complexity index is 1290. The summed E-state index contributed by atoms with van der Waals surface area (Å²) in [5.41, 5.74) is 2.51. The van der Waals surface area contributed by atoms with Gasteiger partial charge in [0.2, 0.25) is 0 Å². The van der Waals surface area contributed by atoms with Gasteiger partial charge in [-0.05, 0) is 65.8 Å². The number of carbonyl (C=O) groups excluding carboxylic acids is 2. The van der Waals surface area contributed by atoms with Crippen LogP contribution in [-0.2, 0) is 19.0 Å². The zero-order chi connectivity index (χ0) is 27.9. The van der Waals surface area contributed by atoms with E-state index in [0.717, 1.165) is 11.3 Å².